The molecule has 0 atom stereocenters. The van der Waals surface area contributed by atoms with E-state index in [9.17, 15) is 0 Å². The molecule has 0 fully saturated rings. The third-order valence-electron chi connectivity index (χ3n) is 20.7. The lowest BCUT2D eigenvalue weighted by Crippen LogP contribution is -2.29. The van der Waals surface area contributed by atoms with E-state index < -0.39 is 10.8 Å². The first-order valence-corrected chi connectivity index (χ1v) is 38.6. The molecule has 0 unspecified atom stereocenters. The number of aromatic nitrogens is 4. The fraction of sp³-hybridized carbons (Fsp3) is 0.763. The molecule has 0 radical (unpaired) electrons. The van der Waals surface area contributed by atoms with Crippen LogP contribution >= 0.6 is 38.5 Å². The van der Waals surface area contributed by atoms with Crippen LogP contribution in [0.3, 0.4) is 0 Å². The Hall–Kier alpha value is -2.47. The summed E-state index contributed by atoms with van der Waals surface area (Å²) < 4.78 is 52.6. The number of hydrogen-bond acceptors (Lipinski definition) is 6. The van der Waals surface area contributed by atoms with Crippen molar-refractivity contribution in [2.75, 3.05) is 0 Å². The molecule has 6 nitrogen and oxygen atoms in total. The largest absolute Gasteiger partial charge is 0.243 e. The topological polar surface area (TPSA) is 77.8 Å². The molecule has 86 heavy (non-hydrogen) atoms. The van der Waals surface area contributed by atoms with Gasteiger partial charge in [0.2, 0.25) is 0 Å². The standard InChI is InChI=1S/C76H118BrF2IN4O2/c1-5-9-13-17-21-25-29-33-37-41-45-49-53-75(54-50-46-42-38-34-30-26-22-18-14-10-6-2)59-57-61(77)71-73(83-85-81-71)63(59)65-67(75)70(79)66-64-60(58-62(80)72-74(64)84-86-82-72)76(68(66)69(65)78,55-51-47-43-39-35-31-27-23-19-15-11-7-3)56-52-48-44-40-36-32-28-24-20-16-12-8-4/h57-58H,5-56H2,1-4H3. The molecule has 3 aromatic carbocycles. The summed E-state index contributed by atoms with van der Waals surface area (Å²) in [6.07, 6.45) is 63.0. The maximum Gasteiger partial charge on any atom is 0.150 e. The fourth-order valence-electron chi connectivity index (χ4n) is 15.8. The summed E-state index contributed by atoms with van der Waals surface area (Å²) in [7, 11) is 0. The molecule has 482 valence electrons. The van der Waals surface area contributed by atoms with Crippen molar-refractivity contribution >= 4 is 60.6 Å². The van der Waals surface area contributed by atoms with Crippen LogP contribution in [0.15, 0.2) is 25.9 Å². The van der Waals surface area contributed by atoms with Gasteiger partial charge in [0.05, 0.1) is 0 Å². The van der Waals surface area contributed by atoms with E-state index in [1.54, 1.807) is 0 Å². The van der Waals surface area contributed by atoms with Crippen LogP contribution in [0.4, 0.5) is 8.78 Å². The zero-order chi connectivity index (χ0) is 60.7. The van der Waals surface area contributed by atoms with Gasteiger partial charge in [0.15, 0.2) is 0 Å². The Labute approximate surface area is 544 Å². The molecule has 0 spiro atoms. The molecule has 10 heteroatoms. The number of benzene rings is 3. The monoisotopic (exact) mass is 1360 g/mol. The number of halogens is 4. The van der Waals surface area contributed by atoms with Crippen LogP contribution in [0.2, 0.25) is 0 Å². The minimum Gasteiger partial charge on any atom is -0.243 e. The van der Waals surface area contributed by atoms with Gasteiger partial charge in [-0.05, 0) is 108 Å². The van der Waals surface area contributed by atoms with Crippen molar-refractivity contribution in [3.05, 3.63) is 54.1 Å². The first-order valence-electron chi connectivity index (χ1n) is 36.8. The van der Waals surface area contributed by atoms with E-state index in [2.05, 4.69) is 99.0 Å². The van der Waals surface area contributed by atoms with Crippen LogP contribution < -0.4 is 0 Å². The van der Waals surface area contributed by atoms with Gasteiger partial charge in [0, 0.05) is 52.3 Å². The van der Waals surface area contributed by atoms with Gasteiger partial charge in [0.25, 0.3) is 0 Å². The van der Waals surface area contributed by atoms with Gasteiger partial charge in [-0.3, -0.25) is 0 Å². The van der Waals surface area contributed by atoms with E-state index in [1.807, 2.05) is 0 Å². The summed E-state index contributed by atoms with van der Waals surface area (Å²) in [5, 5.41) is 18.2. The minimum atomic E-state index is -0.780. The first-order chi connectivity index (χ1) is 42.3. The Balaban J connectivity index is 1.24. The van der Waals surface area contributed by atoms with Crippen LogP contribution in [-0.4, -0.2) is 20.6 Å². The Morgan fingerprint density at radius 1 is 0.326 bits per heavy atom. The molecule has 0 saturated heterocycles. The number of fused-ring (bicyclic) bond motifs is 10. The molecular weight excluding hydrogens is 1250 g/mol. The average molecular weight is 1360 g/mol. The second-order valence-electron chi connectivity index (χ2n) is 27.3. The van der Waals surface area contributed by atoms with Gasteiger partial charge in [-0.1, -0.05) is 336 Å². The second-order valence-corrected chi connectivity index (χ2v) is 29.3. The van der Waals surface area contributed by atoms with Gasteiger partial charge in [-0.25, -0.2) is 18.0 Å². The summed E-state index contributed by atoms with van der Waals surface area (Å²) >= 11 is 6.31. The van der Waals surface area contributed by atoms with Gasteiger partial charge < -0.3 is 0 Å². The van der Waals surface area contributed by atoms with Gasteiger partial charge in [0.1, 0.15) is 33.7 Å². The van der Waals surface area contributed by atoms with Crippen molar-refractivity contribution in [2.45, 2.75) is 372 Å². The normalized spacial score (nSPS) is 13.9. The highest BCUT2D eigenvalue weighted by Gasteiger charge is 2.55. The van der Waals surface area contributed by atoms with E-state index >= 15 is 8.78 Å². The molecule has 0 saturated carbocycles. The number of rotatable bonds is 52. The predicted molar refractivity (Wildman–Crippen MR) is 373 cm³/mol. The summed E-state index contributed by atoms with van der Waals surface area (Å²) in [4.78, 5) is 0. The molecule has 7 rings (SSSR count). The lowest BCUT2D eigenvalue weighted by atomic mass is 9.68. The third-order valence-corrected chi connectivity index (χ3v) is 22.1. The van der Waals surface area contributed by atoms with Crippen LogP contribution in [0.1, 0.15) is 384 Å². The predicted octanol–water partition coefficient (Wildman–Crippen LogP) is 27.3. The van der Waals surface area contributed by atoms with Crippen molar-refractivity contribution in [2.24, 2.45) is 0 Å². The van der Waals surface area contributed by atoms with Gasteiger partial charge in [-0.2, -0.15) is 0 Å². The highest BCUT2D eigenvalue weighted by molar-refractivity contribution is 14.1. The lowest BCUT2D eigenvalue weighted by molar-refractivity contribution is 0.315. The minimum absolute atomic E-state index is 0.274. The van der Waals surface area contributed by atoms with E-state index in [1.165, 1.54) is 231 Å². The van der Waals surface area contributed by atoms with Crippen LogP contribution in [0.25, 0.3) is 44.3 Å². The molecule has 0 amide bonds. The van der Waals surface area contributed by atoms with Crippen molar-refractivity contribution in [3.8, 4) is 22.3 Å². The van der Waals surface area contributed by atoms with E-state index in [4.69, 9.17) is 9.26 Å². The smallest absolute Gasteiger partial charge is 0.150 e. The van der Waals surface area contributed by atoms with Crippen LogP contribution in [0.5, 0.6) is 0 Å². The Bertz CT molecular complexity index is 2460. The van der Waals surface area contributed by atoms with Crippen molar-refractivity contribution < 1.29 is 18.0 Å². The number of unbranched alkanes of at least 4 members (excludes halogenated alkanes) is 44. The molecular formula is C76H118BrF2IN4O2. The van der Waals surface area contributed by atoms with Crippen molar-refractivity contribution in [1.82, 2.24) is 20.6 Å². The molecule has 2 aliphatic rings. The number of nitrogens with zero attached hydrogens (tertiary/aromatic N) is 4. The quantitative estimate of drug-likeness (QED) is 0.0285. The van der Waals surface area contributed by atoms with Crippen molar-refractivity contribution in [1.29, 1.82) is 0 Å². The average Bonchev–Trinajstić information content (AvgIpc) is 1.52. The number of hydrogen-bond donors (Lipinski definition) is 0. The van der Waals surface area contributed by atoms with Crippen LogP contribution in [0, 0.1) is 15.2 Å². The Morgan fingerprint density at radius 3 is 0.849 bits per heavy atom. The summed E-state index contributed by atoms with van der Waals surface area (Å²) in [6.45, 7) is 9.16. The Morgan fingerprint density at radius 2 is 0.558 bits per heavy atom. The lowest BCUT2D eigenvalue weighted by Gasteiger charge is -2.35. The zero-order valence-corrected chi connectivity index (χ0v) is 58.8. The summed E-state index contributed by atoms with van der Waals surface area (Å²) in [5.74, 6) is -0.548. The molecule has 5 aromatic rings. The third kappa shape index (κ3) is 19.3. The molecule has 0 aliphatic heterocycles. The second kappa shape index (κ2) is 39.7. The van der Waals surface area contributed by atoms with Gasteiger partial charge in [-0.15, -0.1) is 0 Å². The fourth-order valence-corrected chi connectivity index (χ4v) is 16.9. The molecule has 0 bridgehead atoms. The SMILES string of the molecule is CCCCCCCCCCCCCCC1(CCCCCCCCCCCCCC)c2cc(Br)c3nonc3c2-c2c(F)c3c(c(F)c21)-c1c(cc(I)c2nonc12)C3(CCCCCCCCCCCCCC)CCCCCCCCCCCCCC. The summed E-state index contributed by atoms with van der Waals surface area (Å²) in [5.41, 5.74) is 6.04. The zero-order valence-electron chi connectivity index (χ0n) is 55.0. The van der Waals surface area contributed by atoms with Crippen molar-refractivity contribution in [3.63, 3.8) is 0 Å². The maximum atomic E-state index is 19.8. The molecule has 0 N–H and O–H groups in total. The summed E-state index contributed by atoms with van der Waals surface area (Å²) in [6, 6.07) is 4.39. The van der Waals surface area contributed by atoms with E-state index in [0.29, 0.717) is 55.4 Å². The molecule has 2 aromatic heterocycles. The van der Waals surface area contributed by atoms with Gasteiger partial charge >= 0.3 is 0 Å². The highest BCUT2D eigenvalue weighted by atomic mass is 127. The maximum absolute atomic E-state index is 19.8. The molecule has 2 heterocycles. The Kier molecular flexibility index (Phi) is 32.8. The molecule has 2 aliphatic carbocycles. The van der Waals surface area contributed by atoms with Crippen LogP contribution in [-0.2, 0) is 10.8 Å². The van der Waals surface area contributed by atoms with E-state index in [-0.39, 0.29) is 11.6 Å². The van der Waals surface area contributed by atoms with E-state index in [0.717, 1.165) is 122 Å². The highest BCUT2D eigenvalue weighted by Crippen LogP contribution is 2.65. The first kappa shape index (κ1) is 71.0.